The Hall–Kier alpha value is -3.58. The molecule has 32 heavy (non-hydrogen) atoms. The highest BCUT2D eigenvalue weighted by atomic mass is 32.2. The van der Waals surface area contributed by atoms with Gasteiger partial charge in [-0.1, -0.05) is 0 Å². The summed E-state index contributed by atoms with van der Waals surface area (Å²) in [6, 6.07) is 14.5. The third-order valence-electron chi connectivity index (χ3n) is 4.69. The maximum atomic E-state index is 11.3. The minimum absolute atomic E-state index is 0.202. The van der Waals surface area contributed by atoms with Crippen LogP contribution >= 0.6 is 0 Å². The van der Waals surface area contributed by atoms with Gasteiger partial charge in [-0.15, -0.1) is 0 Å². The fourth-order valence-corrected chi connectivity index (χ4v) is 4.13. The largest absolute Gasteiger partial charge is 0.436 e. The lowest BCUT2D eigenvalue weighted by Gasteiger charge is -1.98. The lowest BCUT2D eigenvalue weighted by molar-refractivity contribution is 0.481. The van der Waals surface area contributed by atoms with Crippen LogP contribution in [-0.2, 0) is 20.2 Å². The maximum absolute atomic E-state index is 11.3. The van der Waals surface area contributed by atoms with Crippen molar-refractivity contribution in [3.05, 3.63) is 60.7 Å². The Morgan fingerprint density at radius 2 is 1.09 bits per heavy atom. The van der Waals surface area contributed by atoms with E-state index in [0.29, 0.717) is 22.2 Å². The molecule has 0 fully saturated rings. The number of rotatable bonds is 4. The number of hydrogen-bond acceptors (Lipinski definition) is 8. The SMILES string of the molecule is O=S(=O)(O)c1ccc2oc(-c3ccc(-c4nc5ccc(S(=O)(=O)O)cc5o4)cc3)nc2c1. The fourth-order valence-electron chi connectivity index (χ4n) is 3.14. The van der Waals surface area contributed by atoms with Gasteiger partial charge < -0.3 is 8.83 Å². The minimum Gasteiger partial charge on any atom is -0.436 e. The molecular weight excluding hydrogens is 460 g/mol. The van der Waals surface area contributed by atoms with E-state index < -0.39 is 20.2 Å². The summed E-state index contributed by atoms with van der Waals surface area (Å²) >= 11 is 0. The molecule has 0 saturated carbocycles. The summed E-state index contributed by atoms with van der Waals surface area (Å²) in [4.78, 5) is 8.00. The van der Waals surface area contributed by atoms with Crippen LogP contribution < -0.4 is 0 Å². The van der Waals surface area contributed by atoms with Crippen LogP contribution in [0.1, 0.15) is 0 Å². The summed E-state index contributed by atoms with van der Waals surface area (Å²) in [6.45, 7) is 0. The minimum atomic E-state index is -4.36. The van der Waals surface area contributed by atoms with Crippen LogP contribution in [0.15, 0.2) is 79.3 Å². The standard InChI is InChI=1S/C20H12N2O8S2/c23-31(24,25)13-6-8-17-16(9-13)22-20(29-17)12-3-1-11(2-4-12)19-21-15-7-5-14(32(26,27)28)10-18(15)30-19/h1-10H,(H,23,24,25)(H,26,27,28). The molecule has 3 aromatic carbocycles. The highest BCUT2D eigenvalue weighted by molar-refractivity contribution is 7.86. The first-order valence-corrected chi connectivity index (χ1v) is 11.8. The van der Waals surface area contributed by atoms with E-state index in [-0.39, 0.29) is 32.7 Å². The van der Waals surface area contributed by atoms with E-state index in [1.807, 2.05) is 0 Å². The second-order valence-corrected chi connectivity index (χ2v) is 9.67. The summed E-state index contributed by atoms with van der Waals surface area (Å²) in [5, 5.41) is 0. The topological polar surface area (TPSA) is 161 Å². The van der Waals surface area contributed by atoms with Crippen LogP contribution in [0.2, 0.25) is 0 Å². The molecule has 0 atom stereocenters. The Labute approximate surface area is 180 Å². The monoisotopic (exact) mass is 472 g/mol. The van der Waals surface area contributed by atoms with Crippen LogP contribution in [0.25, 0.3) is 45.1 Å². The first-order valence-electron chi connectivity index (χ1n) is 8.95. The summed E-state index contributed by atoms with van der Waals surface area (Å²) < 4.78 is 74.8. The summed E-state index contributed by atoms with van der Waals surface area (Å²) in [6.07, 6.45) is 0. The van der Waals surface area contributed by atoms with Gasteiger partial charge in [0.15, 0.2) is 11.2 Å². The molecular formula is C20H12N2O8S2. The fraction of sp³-hybridized carbons (Fsp3) is 0. The third-order valence-corrected chi connectivity index (χ3v) is 6.39. The van der Waals surface area contributed by atoms with E-state index in [9.17, 15) is 25.9 Å². The van der Waals surface area contributed by atoms with Gasteiger partial charge in [0, 0.05) is 17.2 Å². The lowest BCUT2D eigenvalue weighted by atomic mass is 10.1. The summed E-state index contributed by atoms with van der Waals surface area (Å²) in [7, 11) is -8.71. The first-order chi connectivity index (χ1) is 15.1. The van der Waals surface area contributed by atoms with Gasteiger partial charge in [-0.2, -0.15) is 16.8 Å². The van der Waals surface area contributed by atoms with Gasteiger partial charge >= 0.3 is 0 Å². The number of aromatic nitrogens is 2. The van der Waals surface area contributed by atoms with Crippen molar-refractivity contribution < 1.29 is 34.8 Å². The van der Waals surface area contributed by atoms with Gasteiger partial charge in [-0.25, -0.2) is 9.97 Å². The van der Waals surface area contributed by atoms with E-state index in [4.69, 9.17) is 8.83 Å². The molecule has 0 bridgehead atoms. The van der Waals surface area contributed by atoms with Crippen molar-refractivity contribution in [3.8, 4) is 22.9 Å². The predicted octanol–water partition coefficient (Wildman–Crippen LogP) is 3.80. The molecule has 0 saturated heterocycles. The van der Waals surface area contributed by atoms with Crippen LogP contribution in [-0.4, -0.2) is 35.9 Å². The quantitative estimate of drug-likeness (QED) is 0.368. The molecule has 10 nitrogen and oxygen atoms in total. The zero-order chi connectivity index (χ0) is 22.7. The second kappa shape index (κ2) is 6.97. The van der Waals surface area contributed by atoms with E-state index in [1.165, 1.54) is 36.4 Å². The Bertz CT molecular complexity index is 1590. The predicted molar refractivity (Wildman–Crippen MR) is 112 cm³/mol. The molecule has 0 aliphatic heterocycles. The van der Waals surface area contributed by atoms with E-state index in [0.717, 1.165) is 0 Å². The summed E-state index contributed by atoms with van der Waals surface area (Å²) in [5.41, 5.74) is 2.45. The van der Waals surface area contributed by atoms with Gasteiger partial charge in [0.2, 0.25) is 11.8 Å². The Kier molecular flexibility index (Phi) is 4.43. The van der Waals surface area contributed by atoms with E-state index >= 15 is 0 Å². The summed E-state index contributed by atoms with van der Waals surface area (Å²) in [5.74, 6) is 0.490. The molecule has 0 aliphatic carbocycles. The average Bonchev–Trinajstić information content (AvgIpc) is 3.35. The van der Waals surface area contributed by atoms with Crippen molar-refractivity contribution in [1.29, 1.82) is 0 Å². The number of benzene rings is 3. The van der Waals surface area contributed by atoms with Gasteiger partial charge in [-0.3, -0.25) is 9.11 Å². The first kappa shape index (κ1) is 20.3. The molecule has 0 aliphatic rings. The van der Waals surface area contributed by atoms with E-state index in [2.05, 4.69) is 9.97 Å². The van der Waals surface area contributed by atoms with Crippen LogP contribution in [0.3, 0.4) is 0 Å². The average molecular weight is 472 g/mol. The Morgan fingerprint density at radius 1 is 0.594 bits per heavy atom. The van der Waals surface area contributed by atoms with Crippen LogP contribution in [0, 0.1) is 0 Å². The van der Waals surface area contributed by atoms with Gasteiger partial charge in [-0.05, 0) is 54.6 Å². The zero-order valence-electron chi connectivity index (χ0n) is 15.8. The normalized spacial score (nSPS) is 12.6. The van der Waals surface area contributed by atoms with Crippen molar-refractivity contribution in [2.24, 2.45) is 0 Å². The Morgan fingerprint density at radius 3 is 1.69 bits per heavy atom. The van der Waals surface area contributed by atoms with Crippen molar-refractivity contribution in [3.63, 3.8) is 0 Å². The number of nitrogens with zero attached hydrogens (tertiary/aromatic N) is 2. The molecule has 0 radical (unpaired) electrons. The molecule has 0 unspecified atom stereocenters. The van der Waals surface area contributed by atoms with Crippen LogP contribution in [0.4, 0.5) is 0 Å². The van der Waals surface area contributed by atoms with Crippen molar-refractivity contribution in [1.82, 2.24) is 9.97 Å². The zero-order valence-corrected chi connectivity index (χ0v) is 17.5. The molecule has 0 amide bonds. The molecule has 2 aromatic heterocycles. The highest BCUT2D eigenvalue weighted by Crippen LogP contribution is 2.30. The molecule has 12 heteroatoms. The molecule has 5 aromatic rings. The van der Waals surface area contributed by atoms with Crippen molar-refractivity contribution >= 4 is 42.4 Å². The molecule has 2 N–H and O–H groups in total. The Balaban J connectivity index is 1.49. The van der Waals surface area contributed by atoms with Crippen molar-refractivity contribution in [2.75, 3.05) is 0 Å². The van der Waals surface area contributed by atoms with Crippen molar-refractivity contribution in [2.45, 2.75) is 9.79 Å². The lowest BCUT2D eigenvalue weighted by Crippen LogP contribution is -1.97. The smallest absolute Gasteiger partial charge is 0.294 e. The third kappa shape index (κ3) is 3.65. The number of oxazole rings is 2. The molecule has 0 spiro atoms. The number of fused-ring (bicyclic) bond motifs is 2. The number of hydrogen-bond donors (Lipinski definition) is 2. The molecule has 5 rings (SSSR count). The van der Waals surface area contributed by atoms with Crippen LogP contribution in [0.5, 0.6) is 0 Å². The molecule has 2 heterocycles. The maximum Gasteiger partial charge on any atom is 0.294 e. The molecule has 162 valence electrons. The highest BCUT2D eigenvalue weighted by Gasteiger charge is 2.16. The second-order valence-electron chi connectivity index (χ2n) is 6.82. The van der Waals surface area contributed by atoms with Gasteiger partial charge in [0.1, 0.15) is 11.0 Å². The van der Waals surface area contributed by atoms with Gasteiger partial charge in [0.05, 0.1) is 9.79 Å². The van der Waals surface area contributed by atoms with Gasteiger partial charge in [0.25, 0.3) is 20.2 Å². The van der Waals surface area contributed by atoms with E-state index in [1.54, 1.807) is 24.3 Å².